The van der Waals surface area contributed by atoms with E-state index in [2.05, 4.69) is 0 Å². The molecule has 0 bridgehead atoms. The van der Waals surface area contributed by atoms with Gasteiger partial charge >= 0.3 is 6.09 Å². The molecule has 2 atom stereocenters. The van der Waals surface area contributed by atoms with Crippen molar-refractivity contribution in [3.8, 4) is 0 Å². The fraction of sp³-hybridized carbons (Fsp3) is 0.875. The Bertz CT molecular complexity index is 202. The highest BCUT2D eigenvalue weighted by molar-refractivity contribution is 5.70. The van der Waals surface area contributed by atoms with Gasteiger partial charge in [0.15, 0.2) is 0 Å². The summed E-state index contributed by atoms with van der Waals surface area (Å²) in [6.07, 6.45) is 0.190. The van der Waals surface area contributed by atoms with Crippen LogP contribution in [0.15, 0.2) is 0 Å². The summed E-state index contributed by atoms with van der Waals surface area (Å²) in [7, 11) is 0. The molecule has 2 aliphatic heterocycles. The Labute approximate surface area is 76.2 Å². The molecule has 5 heteroatoms. The molecule has 0 saturated carbocycles. The Morgan fingerprint density at radius 1 is 1.62 bits per heavy atom. The highest BCUT2D eigenvalue weighted by atomic mass is 16.6. The Morgan fingerprint density at radius 2 is 2.46 bits per heavy atom. The SMILES string of the molecule is O=C1O[C@@H](CO)CN1C1CCOC1. The normalized spacial score (nSPS) is 33.9. The number of ether oxygens (including phenoxy) is 2. The van der Waals surface area contributed by atoms with Crippen LogP contribution in [-0.4, -0.2) is 54.6 Å². The number of carbonyl (C=O) groups is 1. The summed E-state index contributed by atoms with van der Waals surface area (Å²) in [6.45, 7) is 1.69. The van der Waals surface area contributed by atoms with Crippen molar-refractivity contribution in [2.75, 3.05) is 26.4 Å². The van der Waals surface area contributed by atoms with Gasteiger partial charge in [0.2, 0.25) is 0 Å². The molecule has 5 nitrogen and oxygen atoms in total. The molecule has 0 radical (unpaired) electrons. The third-order valence-electron chi connectivity index (χ3n) is 2.45. The van der Waals surface area contributed by atoms with E-state index >= 15 is 0 Å². The highest BCUT2D eigenvalue weighted by Gasteiger charge is 2.37. The summed E-state index contributed by atoms with van der Waals surface area (Å²) in [5.41, 5.74) is 0. The van der Waals surface area contributed by atoms with Gasteiger partial charge < -0.3 is 14.6 Å². The summed E-state index contributed by atoms with van der Waals surface area (Å²) < 4.78 is 10.1. The lowest BCUT2D eigenvalue weighted by Crippen LogP contribution is -2.37. The lowest BCUT2D eigenvalue weighted by Gasteiger charge is -2.18. The van der Waals surface area contributed by atoms with Crippen LogP contribution >= 0.6 is 0 Å². The molecule has 1 amide bonds. The molecular formula is C8H13NO4. The van der Waals surface area contributed by atoms with Gasteiger partial charge in [-0.1, -0.05) is 0 Å². The number of aliphatic hydroxyl groups is 1. The molecule has 2 rings (SSSR count). The van der Waals surface area contributed by atoms with E-state index in [1.165, 1.54) is 0 Å². The zero-order chi connectivity index (χ0) is 9.26. The average Bonchev–Trinajstić information content (AvgIpc) is 2.72. The van der Waals surface area contributed by atoms with E-state index in [9.17, 15) is 4.79 Å². The van der Waals surface area contributed by atoms with Gasteiger partial charge in [-0.25, -0.2) is 4.79 Å². The maximum absolute atomic E-state index is 11.3. The quantitative estimate of drug-likeness (QED) is 0.638. The average molecular weight is 187 g/mol. The molecule has 1 unspecified atom stereocenters. The summed E-state index contributed by atoms with van der Waals surface area (Å²) in [4.78, 5) is 12.9. The van der Waals surface area contributed by atoms with Crippen molar-refractivity contribution in [1.82, 2.24) is 4.90 Å². The Morgan fingerprint density at radius 3 is 3.00 bits per heavy atom. The maximum Gasteiger partial charge on any atom is 0.410 e. The largest absolute Gasteiger partial charge is 0.442 e. The van der Waals surface area contributed by atoms with E-state index < -0.39 is 0 Å². The molecule has 2 saturated heterocycles. The standard InChI is InChI=1S/C8H13NO4/c10-4-7-3-9(8(11)13-7)6-1-2-12-5-6/h6-7,10H,1-5H2/t6?,7-/m1/s1. The Kier molecular flexibility index (Phi) is 2.37. The first-order valence-corrected chi connectivity index (χ1v) is 4.47. The van der Waals surface area contributed by atoms with Crippen molar-refractivity contribution in [1.29, 1.82) is 0 Å². The molecule has 13 heavy (non-hydrogen) atoms. The number of aliphatic hydroxyl groups excluding tert-OH is 1. The molecule has 2 heterocycles. The van der Waals surface area contributed by atoms with Gasteiger partial charge in [-0.2, -0.15) is 0 Å². The van der Waals surface area contributed by atoms with Crippen LogP contribution in [0.1, 0.15) is 6.42 Å². The van der Waals surface area contributed by atoms with Crippen molar-refractivity contribution in [2.24, 2.45) is 0 Å². The number of hydrogen-bond acceptors (Lipinski definition) is 4. The van der Waals surface area contributed by atoms with Gasteiger partial charge in [0.05, 0.1) is 25.8 Å². The van der Waals surface area contributed by atoms with E-state index in [1.807, 2.05) is 0 Å². The second kappa shape index (κ2) is 3.51. The van der Waals surface area contributed by atoms with Crippen molar-refractivity contribution >= 4 is 6.09 Å². The second-order valence-electron chi connectivity index (χ2n) is 3.36. The minimum Gasteiger partial charge on any atom is -0.442 e. The van der Waals surface area contributed by atoms with Crippen molar-refractivity contribution < 1.29 is 19.4 Å². The van der Waals surface area contributed by atoms with E-state index in [1.54, 1.807) is 4.90 Å². The third-order valence-corrected chi connectivity index (χ3v) is 2.45. The maximum atomic E-state index is 11.3. The van der Waals surface area contributed by atoms with Gasteiger partial charge in [-0.05, 0) is 6.42 Å². The molecule has 0 aromatic heterocycles. The first-order valence-electron chi connectivity index (χ1n) is 4.47. The zero-order valence-electron chi connectivity index (χ0n) is 7.31. The zero-order valence-corrected chi connectivity index (χ0v) is 7.31. The lowest BCUT2D eigenvalue weighted by molar-refractivity contribution is 0.0935. The second-order valence-corrected chi connectivity index (χ2v) is 3.36. The van der Waals surface area contributed by atoms with Crippen LogP contribution < -0.4 is 0 Å². The number of amides is 1. The Balaban J connectivity index is 1.95. The van der Waals surface area contributed by atoms with Crippen LogP contribution in [0.4, 0.5) is 4.79 Å². The predicted octanol–water partition coefficient (Wildman–Crippen LogP) is -0.412. The molecule has 2 aliphatic rings. The molecule has 2 fully saturated rings. The molecule has 1 N–H and O–H groups in total. The van der Waals surface area contributed by atoms with Crippen molar-refractivity contribution in [3.63, 3.8) is 0 Å². The fourth-order valence-corrected chi connectivity index (χ4v) is 1.70. The van der Waals surface area contributed by atoms with E-state index in [0.717, 1.165) is 6.42 Å². The van der Waals surface area contributed by atoms with E-state index in [-0.39, 0.29) is 24.8 Å². The van der Waals surface area contributed by atoms with Crippen LogP contribution in [-0.2, 0) is 9.47 Å². The van der Waals surface area contributed by atoms with Crippen molar-refractivity contribution in [2.45, 2.75) is 18.6 Å². The summed E-state index contributed by atoms with van der Waals surface area (Å²) in [6, 6.07) is 0.143. The van der Waals surface area contributed by atoms with Crippen LogP contribution in [0, 0.1) is 0 Å². The van der Waals surface area contributed by atoms with Crippen LogP contribution in [0.3, 0.4) is 0 Å². The fourth-order valence-electron chi connectivity index (χ4n) is 1.70. The lowest BCUT2D eigenvalue weighted by atomic mass is 10.2. The summed E-state index contributed by atoms with van der Waals surface area (Å²) >= 11 is 0. The summed E-state index contributed by atoms with van der Waals surface area (Å²) in [5.74, 6) is 0. The minimum absolute atomic E-state index is 0.101. The highest BCUT2D eigenvalue weighted by Crippen LogP contribution is 2.19. The first kappa shape index (κ1) is 8.77. The predicted molar refractivity (Wildman–Crippen MR) is 43.3 cm³/mol. The third kappa shape index (κ3) is 1.62. The number of hydrogen-bond donors (Lipinski definition) is 1. The van der Waals surface area contributed by atoms with Crippen LogP contribution in [0.25, 0.3) is 0 Å². The molecule has 0 aromatic rings. The number of rotatable bonds is 2. The van der Waals surface area contributed by atoms with Gasteiger partial charge in [-0.15, -0.1) is 0 Å². The first-order chi connectivity index (χ1) is 6.31. The minimum atomic E-state index is -0.354. The van der Waals surface area contributed by atoms with Crippen LogP contribution in [0.5, 0.6) is 0 Å². The molecular weight excluding hydrogens is 174 g/mol. The monoisotopic (exact) mass is 187 g/mol. The van der Waals surface area contributed by atoms with E-state index in [4.69, 9.17) is 14.6 Å². The van der Waals surface area contributed by atoms with Crippen LogP contribution in [0.2, 0.25) is 0 Å². The molecule has 0 spiro atoms. The number of carbonyl (C=O) groups excluding carboxylic acids is 1. The van der Waals surface area contributed by atoms with Gasteiger partial charge in [0.25, 0.3) is 0 Å². The summed E-state index contributed by atoms with van der Waals surface area (Å²) in [5, 5.41) is 8.81. The van der Waals surface area contributed by atoms with Gasteiger partial charge in [0, 0.05) is 6.61 Å². The van der Waals surface area contributed by atoms with Gasteiger partial charge in [0.1, 0.15) is 6.10 Å². The Hall–Kier alpha value is -0.810. The molecule has 0 aromatic carbocycles. The number of cyclic esters (lactones) is 1. The molecule has 0 aliphatic carbocycles. The van der Waals surface area contributed by atoms with Gasteiger partial charge in [-0.3, -0.25) is 4.90 Å². The molecule has 74 valence electrons. The van der Waals surface area contributed by atoms with Crippen molar-refractivity contribution in [3.05, 3.63) is 0 Å². The topological polar surface area (TPSA) is 59.0 Å². The van der Waals surface area contributed by atoms with E-state index in [0.29, 0.717) is 19.8 Å². The number of nitrogens with zero attached hydrogens (tertiary/aromatic N) is 1. The smallest absolute Gasteiger partial charge is 0.410 e.